The summed E-state index contributed by atoms with van der Waals surface area (Å²) < 4.78 is 0. The number of nitrogens with zero attached hydrogens (tertiary/aromatic N) is 2. The van der Waals surface area contributed by atoms with E-state index in [-0.39, 0.29) is 5.92 Å². The van der Waals surface area contributed by atoms with Gasteiger partial charge in [-0.2, -0.15) is 0 Å². The van der Waals surface area contributed by atoms with Gasteiger partial charge in [-0.25, -0.2) is 0 Å². The number of carbonyl (C=O) groups is 1. The third-order valence-corrected chi connectivity index (χ3v) is 3.79. The van der Waals surface area contributed by atoms with Gasteiger partial charge in [0.2, 0.25) is 0 Å². The standard InChI is InChI=1S/C15H22N2O2/c1-13(15(18)19)7-8-16-9-11-17(12-10-16)14-5-3-2-4-6-14/h2-6,13H,7-12H2,1H3,(H,18,19). The van der Waals surface area contributed by atoms with Crippen LogP contribution in [0.2, 0.25) is 0 Å². The van der Waals surface area contributed by atoms with Crippen molar-refractivity contribution in [3.8, 4) is 0 Å². The van der Waals surface area contributed by atoms with Gasteiger partial charge in [0.05, 0.1) is 5.92 Å². The summed E-state index contributed by atoms with van der Waals surface area (Å²) in [7, 11) is 0. The molecule has 0 aromatic heterocycles. The lowest BCUT2D eigenvalue weighted by Gasteiger charge is -2.36. The zero-order valence-corrected chi connectivity index (χ0v) is 11.5. The van der Waals surface area contributed by atoms with Gasteiger partial charge in [0, 0.05) is 31.9 Å². The summed E-state index contributed by atoms with van der Waals surface area (Å²) in [4.78, 5) is 15.5. The molecule has 1 aliphatic rings. The van der Waals surface area contributed by atoms with Crippen LogP contribution in [0.5, 0.6) is 0 Å². The molecule has 1 aromatic carbocycles. The molecule has 1 heterocycles. The summed E-state index contributed by atoms with van der Waals surface area (Å²) >= 11 is 0. The van der Waals surface area contributed by atoms with Crippen molar-refractivity contribution in [2.45, 2.75) is 13.3 Å². The molecule has 1 fully saturated rings. The van der Waals surface area contributed by atoms with Crippen LogP contribution in [0.25, 0.3) is 0 Å². The Morgan fingerprint density at radius 3 is 2.42 bits per heavy atom. The highest BCUT2D eigenvalue weighted by Crippen LogP contribution is 2.16. The summed E-state index contributed by atoms with van der Waals surface area (Å²) in [6, 6.07) is 10.4. The lowest BCUT2D eigenvalue weighted by Crippen LogP contribution is -2.47. The zero-order valence-electron chi connectivity index (χ0n) is 11.5. The van der Waals surface area contributed by atoms with Gasteiger partial charge in [0.15, 0.2) is 0 Å². The predicted octanol–water partition coefficient (Wildman–Crippen LogP) is 1.92. The molecule has 104 valence electrons. The molecule has 0 saturated carbocycles. The topological polar surface area (TPSA) is 43.8 Å². The minimum absolute atomic E-state index is 0.243. The lowest BCUT2D eigenvalue weighted by atomic mass is 10.1. The number of rotatable bonds is 5. The maximum absolute atomic E-state index is 10.8. The van der Waals surface area contributed by atoms with E-state index in [4.69, 9.17) is 5.11 Å². The summed E-state index contributed by atoms with van der Waals surface area (Å²) in [5.74, 6) is -0.935. The van der Waals surface area contributed by atoms with Crippen LogP contribution in [0, 0.1) is 5.92 Å². The SMILES string of the molecule is CC(CCN1CCN(c2ccccc2)CC1)C(=O)O. The molecule has 0 spiro atoms. The van der Waals surface area contributed by atoms with E-state index >= 15 is 0 Å². The Bertz CT molecular complexity index is 400. The second-order valence-electron chi connectivity index (χ2n) is 5.19. The van der Waals surface area contributed by atoms with E-state index in [2.05, 4.69) is 34.1 Å². The van der Waals surface area contributed by atoms with Crippen LogP contribution in [0.15, 0.2) is 30.3 Å². The fourth-order valence-corrected chi connectivity index (χ4v) is 2.37. The Labute approximate surface area is 114 Å². The number of hydrogen-bond acceptors (Lipinski definition) is 3. The van der Waals surface area contributed by atoms with E-state index in [9.17, 15) is 4.79 Å². The zero-order chi connectivity index (χ0) is 13.7. The molecule has 0 aliphatic carbocycles. The number of para-hydroxylation sites is 1. The van der Waals surface area contributed by atoms with Crippen molar-refractivity contribution in [1.82, 2.24) is 4.90 Å². The molecule has 0 bridgehead atoms. The van der Waals surface area contributed by atoms with Gasteiger partial charge in [0.1, 0.15) is 0 Å². The van der Waals surface area contributed by atoms with Gasteiger partial charge in [-0.15, -0.1) is 0 Å². The first-order valence-electron chi connectivity index (χ1n) is 6.92. The molecule has 4 nitrogen and oxygen atoms in total. The first-order valence-corrected chi connectivity index (χ1v) is 6.92. The van der Waals surface area contributed by atoms with Crippen LogP contribution in [0.1, 0.15) is 13.3 Å². The highest BCUT2D eigenvalue weighted by molar-refractivity contribution is 5.69. The van der Waals surface area contributed by atoms with Crippen molar-refractivity contribution in [3.63, 3.8) is 0 Å². The molecule has 0 radical (unpaired) electrons. The molecule has 4 heteroatoms. The fraction of sp³-hybridized carbons (Fsp3) is 0.533. The monoisotopic (exact) mass is 262 g/mol. The first-order chi connectivity index (χ1) is 9.16. The number of benzene rings is 1. The number of piperazine rings is 1. The first kappa shape index (κ1) is 13.9. The lowest BCUT2D eigenvalue weighted by molar-refractivity contribution is -0.141. The van der Waals surface area contributed by atoms with Crippen molar-refractivity contribution in [2.75, 3.05) is 37.6 Å². The van der Waals surface area contributed by atoms with E-state index in [0.717, 1.165) is 39.1 Å². The molecule has 1 aromatic rings. The van der Waals surface area contributed by atoms with Crippen LogP contribution in [0.3, 0.4) is 0 Å². The number of anilines is 1. The average Bonchev–Trinajstić information content (AvgIpc) is 2.46. The summed E-state index contributed by atoms with van der Waals surface area (Å²) in [5, 5.41) is 8.88. The van der Waals surface area contributed by atoms with Gasteiger partial charge in [-0.05, 0) is 25.1 Å². The minimum Gasteiger partial charge on any atom is -0.481 e. The largest absolute Gasteiger partial charge is 0.481 e. The van der Waals surface area contributed by atoms with E-state index in [1.165, 1.54) is 5.69 Å². The third kappa shape index (κ3) is 3.96. The fourth-order valence-electron chi connectivity index (χ4n) is 2.37. The molecular weight excluding hydrogens is 240 g/mol. The van der Waals surface area contributed by atoms with Crippen LogP contribution < -0.4 is 4.90 Å². The molecule has 1 aliphatic heterocycles. The number of hydrogen-bond donors (Lipinski definition) is 1. The van der Waals surface area contributed by atoms with Crippen LogP contribution >= 0.6 is 0 Å². The average molecular weight is 262 g/mol. The molecule has 1 atom stereocenters. The molecule has 2 rings (SSSR count). The van der Waals surface area contributed by atoms with Crippen molar-refractivity contribution < 1.29 is 9.90 Å². The molecule has 1 saturated heterocycles. The van der Waals surface area contributed by atoms with E-state index in [1.54, 1.807) is 6.92 Å². The summed E-state index contributed by atoms with van der Waals surface area (Å²) in [5.41, 5.74) is 1.28. The van der Waals surface area contributed by atoms with E-state index < -0.39 is 5.97 Å². The van der Waals surface area contributed by atoms with Gasteiger partial charge in [0.25, 0.3) is 0 Å². The molecule has 1 N–H and O–H groups in total. The van der Waals surface area contributed by atoms with Crippen LogP contribution in [0.4, 0.5) is 5.69 Å². The van der Waals surface area contributed by atoms with Gasteiger partial charge >= 0.3 is 5.97 Å². The van der Waals surface area contributed by atoms with Crippen molar-refractivity contribution >= 4 is 11.7 Å². The third-order valence-electron chi connectivity index (χ3n) is 3.79. The second-order valence-corrected chi connectivity index (χ2v) is 5.19. The maximum Gasteiger partial charge on any atom is 0.306 e. The Morgan fingerprint density at radius 1 is 1.21 bits per heavy atom. The van der Waals surface area contributed by atoms with Gasteiger partial charge in [-0.3, -0.25) is 9.69 Å². The maximum atomic E-state index is 10.8. The van der Waals surface area contributed by atoms with Crippen LogP contribution in [-0.4, -0.2) is 48.7 Å². The normalized spacial score (nSPS) is 18.3. The second kappa shape index (κ2) is 6.57. The Morgan fingerprint density at radius 2 is 1.84 bits per heavy atom. The van der Waals surface area contributed by atoms with Gasteiger partial charge in [-0.1, -0.05) is 25.1 Å². The van der Waals surface area contributed by atoms with Crippen molar-refractivity contribution in [1.29, 1.82) is 0 Å². The molecular formula is C15H22N2O2. The Balaban J connectivity index is 1.75. The number of carboxylic acids is 1. The highest BCUT2D eigenvalue weighted by Gasteiger charge is 2.18. The van der Waals surface area contributed by atoms with E-state index in [1.807, 2.05) is 6.07 Å². The molecule has 1 unspecified atom stereocenters. The predicted molar refractivity (Wildman–Crippen MR) is 76.5 cm³/mol. The smallest absolute Gasteiger partial charge is 0.306 e. The molecule has 0 amide bonds. The number of aliphatic carboxylic acids is 1. The van der Waals surface area contributed by atoms with E-state index in [0.29, 0.717) is 0 Å². The minimum atomic E-state index is -0.692. The highest BCUT2D eigenvalue weighted by atomic mass is 16.4. The quantitative estimate of drug-likeness (QED) is 0.880. The van der Waals surface area contributed by atoms with Crippen LogP contribution in [-0.2, 0) is 4.79 Å². The van der Waals surface area contributed by atoms with Crippen molar-refractivity contribution in [2.24, 2.45) is 5.92 Å². The number of carboxylic acid groups (broad SMARTS) is 1. The summed E-state index contributed by atoms with van der Waals surface area (Å²) in [6.45, 7) is 6.73. The van der Waals surface area contributed by atoms with Crippen molar-refractivity contribution in [3.05, 3.63) is 30.3 Å². The Kier molecular flexibility index (Phi) is 4.80. The van der Waals surface area contributed by atoms with Gasteiger partial charge < -0.3 is 10.0 Å². The Hall–Kier alpha value is -1.55. The summed E-state index contributed by atoms with van der Waals surface area (Å²) in [6.07, 6.45) is 0.737. The molecule has 19 heavy (non-hydrogen) atoms.